The van der Waals surface area contributed by atoms with Crippen LogP contribution >= 0.6 is 0 Å². The minimum Gasteiger partial charge on any atom is -0.450 e. The van der Waals surface area contributed by atoms with E-state index in [0.29, 0.717) is 50.9 Å². The second kappa shape index (κ2) is 8.50. The Balaban J connectivity index is 1.73. The van der Waals surface area contributed by atoms with Gasteiger partial charge in [-0.25, -0.2) is 9.18 Å². The second-order valence-electron chi connectivity index (χ2n) is 5.61. The van der Waals surface area contributed by atoms with Crippen LogP contribution in [0.1, 0.15) is 31.7 Å². The van der Waals surface area contributed by atoms with E-state index in [2.05, 4.69) is 5.32 Å². The molecule has 0 spiro atoms. The van der Waals surface area contributed by atoms with Gasteiger partial charge in [-0.05, 0) is 37.8 Å². The number of piperidine rings is 1. The van der Waals surface area contributed by atoms with Crippen molar-refractivity contribution in [1.29, 1.82) is 0 Å². The number of aryl methyl sites for hydroxylation is 1. The van der Waals surface area contributed by atoms with E-state index in [0.717, 1.165) is 0 Å². The van der Waals surface area contributed by atoms with Crippen molar-refractivity contribution in [2.45, 2.75) is 38.6 Å². The molecule has 126 valence electrons. The van der Waals surface area contributed by atoms with Crippen molar-refractivity contribution in [3.05, 3.63) is 35.6 Å². The molecule has 5 nitrogen and oxygen atoms in total. The number of hydrogen-bond acceptors (Lipinski definition) is 3. The van der Waals surface area contributed by atoms with Gasteiger partial charge in [-0.2, -0.15) is 0 Å². The van der Waals surface area contributed by atoms with Crippen LogP contribution in [0, 0.1) is 5.82 Å². The minimum atomic E-state index is -0.406. The topological polar surface area (TPSA) is 58.6 Å². The van der Waals surface area contributed by atoms with Crippen LogP contribution in [0.3, 0.4) is 0 Å². The van der Waals surface area contributed by atoms with E-state index in [-0.39, 0.29) is 17.8 Å². The quantitative estimate of drug-likeness (QED) is 0.906. The molecule has 0 aliphatic carbocycles. The number of halogens is 1. The number of hydrogen-bond donors (Lipinski definition) is 1. The van der Waals surface area contributed by atoms with E-state index < -0.39 is 6.09 Å². The number of likely N-dealkylation sites (tertiary alicyclic amines) is 1. The number of amides is 2. The lowest BCUT2D eigenvalue weighted by molar-refractivity contribution is -0.132. The monoisotopic (exact) mass is 322 g/mol. The molecular weight excluding hydrogens is 299 g/mol. The lowest BCUT2D eigenvalue weighted by Gasteiger charge is -2.32. The molecule has 1 heterocycles. The number of ether oxygens (including phenoxy) is 1. The molecule has 0 saturated carbocycles. The van der Waals surface area contributed by atoms with Crippen molar-refractivity contribution in [3.8, 4) is 0 Å². The third-order valence-electron chi connectivity index (χ3n) is 4.01. The Kier molecular flexibility index (Phi) is 6.38. The molecule has 1 aromatic carbocycles. The van der Waals surface area contributed by atoms with Gasteiger partial charge in [0.05, 0.1) is 6.61 Å². The van der Waals surface area contributed by atoms with E-state index in [4.69, 9.17) is 4.74 Å². The van der Waals surface area contributed by atoms with Gasteiger partial charge in [0.15, 0.2) is 0 Å². The molecule has 1 aliphatic heterocycles. The molecule has 23 heavy (non-hydrogen) atoms. The van der Waals surface area contributed by atoms with E-state index in [1.807, 2.05) is 0 Å². The average Bonchev–Trinajstić information content (AvgIpc) is 2.55. The smallest absolute Gasteiger partial charge is 0.407 e. The van der Waals surface area contributed by atoms with Crippen LogP contribution < -0.4 is 5.32 Å². The first-order valence-corrected chi connectivity index (χ1v) is 8.04. The highest BCUT2D eigenvalue weighted by atomic mass is 19.1. The fraction of sp³-hybridized carbons (Fsp3) is 0.529. The van der Waals surface area contributed by atoms with Gasteiger partial charge in [0.1, 0.15) is 5.82 Å². The van der Waals surface area contributed by atoms with Gasteiger partial charge in [0.2, 0.25) is 5.91 Å². The fourth-order valence-electron chi connectivity index (χ4n) is 2.71. The summed E-state index contributed by atoms with van der Waals surface area (Å²) in [4.78, 5) is 25.4. The van der Waals surface area contributed by atoms with Gasteiger partial charge < -0.3 is 15.0 Å². The maximum Gasteiger partial charge on any atom is 0.407 e. The zero-order chi connectivity index (χ0) is 16.7. The maximum absolute atomic E-state index is 13.5. The van der Waals surface area contributed by atoms with Crippen LogP contribution in [0.15, 0.2) is 24.3 Å². The van der Waals surface area contributed by atoms with Crippen LogP contribution in [-0.2, 0) is 16.0 Å². The summed E-state index contributed by atoms with van der Waals surface area (Å²) in [5.74, 6) is -0.236. The molecule has 1 aliphatic rings. The molecule has 1 fully saturated rings. The van der Waals surface area contributed by atoms with Gasteiger partial charge in [0, 0.05) is 25.6 Å². The third-order valence-corrected chi connectivity index (χ3v) is 4.01. The number of alkyl carbamates (subject to hydrolysis) is 1. The standard InChI is InChI=1S/C17H23FN2O3/c1-2-23-17(22)19-14-9-11-20(12-10-14)16(21)8-7-13-5-3-4-6-15(13)18/h3-6,14H,2,7-12H2,1H3,(H,19,22). The summed E-state index contributed by atoms with van der Waals surface area (Å²) in [5.41, 5.74) is 0.569. The Morgan fingerprint density at radius 1 is 1.30 bits per heavy atom. The highest BCUT2D eigenvalue weighted by Gasteiger charge is 2.24. The third kappa shape index (κ3) is 5.23. The van der Waals surface area contributed by atoms with Gasteiger partial charge in [-0.1, -0.05) is 18.2 Å². The predicted molar refractivity (Wildman–Crippen MR) is 84.5 cm³/mol. The summed E-state index contributed by atoms with van der Waals surface area (Å²) in [6, 6.07) is 6.58. The molecule has 0 aromatic heterocycles. The molecule has 2 amide bonds. The summed E-state index contributed by atoms with van der Waals surface area (Å²) >= 11 is 0. The molecule has 6 heteroatoms. The van der Waals surface area contributed by atoms with Crippen LogP contribution in [0.2, 0.25) is 0 Å². The van der Waals surface area contributed by atoms with Crippen molar-refractivity contribution in [3.63, 3.8) is 0 Å². The minimum absolute atomic E-state index is 0.0304. The van der Waals surface area contributed by atoms with Crippen LogP contribution in [0.5, 0.6) is 0 Å². The molecule has 0 bridgehead atoms. The Labute approximate surface area is 135 Å². The average molecular weight is 322 g/mol. The molecule has 0 atom stereocenters. The molecule has 0 unspecified atom stereocenters. The first-order valence-electron chi connectivity index (χ1n) is 8.04. The van der Waals surface area contributed by atoms with Crippen LogP contribution in [-0.4, -0.2) is 42.6 Å². The van der Waals surface area contributed by atoms with Gasteiger partial charge >= 0.3 is 6.09 Å². The Morgan fingerprint density at radius 3 is 2.65 bits per heavy atom. The first-order chi connectivity index (χ1) is 11.1. The predicted octanol–water partition coefficient (Wildman–Crippen LogP) is 2.50. The number of nitrogens with zero attached hydrogens (tertiary/aromatic N) is 1. The summed E-state index contributed by atoms with van der Waals surface area (Å²) in [7, 11) is 0. The SMILES string of the molecule is CCOC(=O)NC1CCN(C(=O)CCc2ccccc2F)CC1. The second-order valence-corrected chi connectivity index (χ2v) is 5.61. The van der Waals surface area contributed by atoms with E-state index in [1.54, 1.807) is 30.0 Å². The van der Waals surface area contributed by atoms with Gasteiger partial charge in [-0.15, -0.1) is 0 Å². The highest BCUT2D eigenvalue weighted by molar-refractivity contribution is 5.76. The maximum atomic E-state index is 13.5. The zero-order valence-electron chi connectivity index (χ0n) is 13.4. The number of benzene rings is 1. The Morgan fingerprint density at radius 2 is 2.00 bits per heavy atom. The number of rotatable bonds is 5. The lowest BCUT2D eigenvalue weighted by atomic mass is 10.0. The molecule has 0 radical (unpaired) electrons. The van der Waals surface area contributed by atoms with Gasteiger partial charge in [0.25, 0.3) is 0 Å². The van der Waals surface area contributed by atoms with Crippen molar-refractivity contribution in [2.75, 3.05) is 19.7 Å². The van der Waals surface area contributed by atoms with E-state index in [9.17, 15) is 14.0 Å². The number of carbonyl (C=O) groups excluding carboxylic acids is 2. The largest absolute Gasteiger partial charge is 0.450 e. The first kappa shape index (κ1) is 17.2. The van der Waals surface area contributed by atoms with Crippen molar-refractivity contribution >= 4 is 12.0 Å². The van der Waals surface area contributed by atoms with Crippen molar-refractivity contribution < 1.29 is 18.7 Å². The van der Waals surface area contributed by atoms with Crippen LogP contribution in [0.25, 0.3) is 0 Å². The molecule has 1 aromatic rings. The molecule has 1 saturated heterocycles. The van der Waals surface area contributed by atoms with Crippen LogP contribution in [0.4, 0.5) is 9.18 Å². The summed E-state index contributed by atoms with van der Waals surface area (Å²) in [5, 5.41) is 2.80. The summed E-state index contributed by atoms with van der Waals surface area (Å²) < 4.78 is 18.4. The highest BCUT2D eigenvalue weighted by Crippen LogP contribution is 2.14. The fourth-order valence-corrected chi connectivity index (χ4v) is 2.71. The number of nitrogens with one attached hydrogen (secondary N) is 1. The van der Waals surface area contributed by atoms with Crippen molar-refractivity contribution in [1.82, 2.24) is 10.2 Å². The van der Waals surface area contributed by atoms with E-state index in [1.165, 1.54) is 6.07 Å². The zero-order valence-corrected chi connectivity index (χ0v) is 13.4. The lowest BCUT2D eigenvalue weighted by Crippen LogP contribution is -2.46. The molecule has 1 N–H and O–H groups in total. The summed E-state index contributed by atoms with van der Waals surface area (Å²) in [6.45, 7) is 3.32. The van der Waals surface area contributed by atoms with E-state index >= 15 is 0 Å². The Bertz CT molecular complexity index is 542. The normalized spacial score (nSPS) is 15.3. The Hall–Kier alpha value is -2.11. The molecular formula is C17H23FN2O3. The van der Waals surface area contributed by atoms with Crippen molar-refractivity contribution in [2.24, 2.45) is 0 Å². The van der Waals surface area contributed by atoms with Gasteiger partial charge in [-0.3, -0.25) is 4.79 Å². The molecule has 2 rings (SSSR count). The number of carbonyl (C=O) groups is 2. The summed E-state index contributed by atoms with van der Waals surface area (Å²) in [6.07, 6.45) is 1.73.